The van der Waals surface area contributed by atoms with Crippen LogP contribution in [0.5, 0.6) is 0 Å². The van der Waals surface area contributed by atoms with Gasteiger partial charge in [-0.2, -0.15) is 0 Å². The Morgan fingerprint density at radius 2 is 1.90 bits per heavy atom. The zero-order chi connectivity index (χ0) is 15.0. The van der Waals surface area contributed by atoms with Gasteiger partial charge >= 0.3 is 0 Å². The molecule has 0 aromatic carbocycles. The number of rotatable bonds is 8. The van der Waals surface area contributed by atoms with Crippen LogP contribution in [0.1, 0.15) is 39.0 Å². The normalized spacial score (nSPS) is 24.4. The van der Waals surface area contributed by atoms with E-state index >= 15 is 0 Å². The highest BCUT2D eigenvalue weighted by molar-refractivity contribution is 5.76. The number of methoxy groups -OCH3 is 2. The Labute approximate surface area is 122 Å². The highest BCUT2D eigenvalue weighted by Crippen LogP contribution is 2.26. The van der Waals surface area contributed by atoms with Crippen LogP contribution in [0, 0.1) is 5.92 Å². The van der Waals surface area contributed by atoms with E-state index in [2.05, 4.69) is 0 Å². The molecule has 5 heteroatoms. The number of carbonyl (C=O) groups excluding carboxylic acids is 1. The van der Waals surface area contributed by atoms with E-state index in [1.807, 2.05) is 11.8 Å². The van der Waals surface area contributed by atoms with Gasteiger partial charge in [0.05, 0.1) is 19.3 Å². The Balaban J connectivity index is 2.49. The Morgan fingerprint density at radius 3 is 2.45 bits per heavy atom. The molecule has 1 atom stereocenters. The maximum Gasteiger partial charge on any atom is 0.223 e. The molecule has 1 aliphatic carbocycles. The van der Waals surface area contributed by atoms with Crippen molar-refractivity contribution >= 4 is 5.91 Å². The van der Waals surface area contributed by atoms with Gasteiger partial charge in [-0.05, 0) is 38.5 Å². The van der Waals surface area contributed by atoms with Crippen LogP contribution >= 0.6 is 0 Å². The van der Waals surface area contributed by atoms with E-state index in [1.54, 1.807) is 14.2 Å². The molecule has 1 amide bonds. The summed E-state index contributed by atoms with van der Waals surface area (Å²) in [5.74, 6) is 0.703. The van der Waals surface area contributed by atoms with Crippen molar-refractivity contribution in [3.8, 4) is 0 Å². The lowest BCUT2D eigenvalue weighted by Gasteiger charge is -2.32. The number of nitrogens with zero attached hydrogens (tertiary/aromatic N) is 1. The number of amides is 1. The number of hydrogen-bond donors (Lipinski definition) is 1. The summed E-state index contributed by atoms with van der Waals surface area (Å²) in [5.41, 5.74) is 5.91. The standard InChI is InChI=1S/C15H30N2O3/c1-12(11-20-3)17(8-9-19-2)15(18)10-13-4-6-14(16)7-5-13/h12-14H,4-11,16H2,1-3H3. The molecule has 1 saturated carbocycles. The topological polar surface area (TPSA) is 64.8 Å². The summed E-state index contributed by atoms with van der Waals surface area (Å²) >= 11 is 0. The van der Waals surface area contributed by atoms with Crippen LogP contribution in [0.4, 0.5) is 0 Å². The van der Waals surface area contributed by atoms with E-state index in [1.165, 1.54) is 0 Å². The second kappa shape index (κ2) is 9.32. The molecule has 0 aliphatic heterocycles. The molecule has 0 saturated heterocycles. The average Bonchev–Trinajstić information content (AvgIpc) is 2.42. The molecule has 0 heterocycles. The maximum absolute atomic E-state index is 12.5. The summed E-state index contributed by atoms with van der Waals surface area (Å²) in [7, 11) is 3.32. The molecular weight excluding hydrogens is 256 g/mol. The third-order valence-electron chi connectivity index (χ3n) is 4.15. The van der Waals surface area contributed by atoms with E-state index in [4.69, 9.17) is 15.2 Å². The third-order valence-corrected chi connectivity index (χ3v) is 4.15. The van der Waals surface area contributed by atoms with E-state index in [9.17, 15) is 4.79 Å². The van der Waals surface area contributed by atoms with Gasteiger partial charge in [0.2, 0.25) is 5.91 Å². The van der Waals surface area contributed by atoms with Gasteiger partial charge in [-0.15, -0.1) is 0 Å². The van der Waals surface area contributed by atoms with Gasteiger partial charge in [-0.25, -0.2) is 0 Å². The first-order chi connectivity index (χ1) is 9.58. The monoisotopic (exact) mass is 286 g/mol. The van der Waals surface area contributed by atoms with Crippen molar-refractivity contribution in [2.24, 2.45) is 11.7 Å². The molecular formula is C15H30N2O3. The smallest absolute Gasteiger partial charge is 0.223 e. The van der Waals surface area contributed by atoms with Crippen LogP contribution in [0.15, 0.2) is 0 Å². The van der Waals surface area contributed by atoms with Gasteiger partial charge in [0.1, 0.15) is 0 Å². The first-order valence-corrected chi connectivity index (χ1v) is 7.61. The highest BCUT2D eigenvalue weighted by atomic mass is 16.5. The quantitative estimate of drug-likeness (QED) is 0.732. The van der Waals surface area contributed by atoms with Crippen LogP contribution in [-0.2, 0) is 14.3 Å². The van der Waals surface area contributed by atoms with Gasteiger partial charge in [0.15, 0.2) is 0 Å². The number of hydrogen-bond acceptors (Lipinski definition) is 4. The third kappa shape index (κ3) is 5.77. The zero-order valence-corrected chi connectivity index (χ0v) is 13.1. The Hall–Kier alpha value is -0.650. The minimum Gasteiger partial charge on any atom is -0.383 e. The zero-order valence-electron chi connectivity index (χ0n) is 13.1. The summed E-state index contributed by atoms with van der Waals surface area (Å²) in [6.45, 7) is 3.78. The average molecular weight is 286 g/mol. The van der Waals surface area contributed by atoms with Crippen molar-refractivity contribution < 1.29 is 14.3 Å². The molecule has 5 nitrogen and oxygen atoms in total. The van der Waals surface area contributed by atoms with E-state index in [0.29, 0.717) is 38.1 Å². The van der Waals surface area contributed by atoms with Gasteiger partial charge in [-0.3, -0.25) is 4.79 Å². The lowest BCUT2D eigenvalue weighted by atomic mass is 9.84. The lowest BCUT2D eigenvalue weighted by molar-refractivity contribution is -0.136. The fraction of sp³-hybridized carbons (Fsp3) is 0.933. The van der Waals surface area contributed by atoms with Gasteiger partial charge < -0.3 is 20.1 Å². The minimum atomic E-state index is 0.0912. The molecule has 2 N–H and O–H groups in total. The molecule has 20 heavy (non-hydrogen) atoms. The van der Waals surface area contributed by atoms with Crippen molar-refractivity contribution in [2.75, 3.05) is 34.0 Å². The number of carbonyl (C=O) groups is 1. The minimum absolute atomic E-state index is 0.0912. The Kier molecular flexibility index (Phi) is 8.11. The van der Waals surface area contributed by atoms with Crippen LogP contribution in [0.2, 0.25) is 0 Å². The molecule has 1 rings (SSSR count). The van der Waals surface area contributed by atoms with Crippen molar-refractivity contribution in [3.05, 3.63) is 0 Å². The number of ether oxygens (including phenoxy) is 2. The molecule has 0 spiro atoms. The predicted octanol–water partition coefficient (Wildman–Crippen LogP) is 1.40. The van der Waals surface area contributed by atoms with Crippen LogP contribution < -0.4 is 5.73 Å². The van der Waals surface area contributed by atoms with Crippen molar-refractivity contribution in [3.63, 3.8) is 0 Å². The summed E-state index contributed by atoms with van der Waals surface area (Å²) < 4.78 is 10.3. The molecule has 0 aromatic heterocycles. The summed E-state index contributed by atoms with van der Waals surface area (Å²) in [4.78, 5) is 14.4. The Morgan fingerprint density at radius 1 is 1.25 bits per heavy atom. The molecule has 0 bridgehead atoms. The van der Waals surface area contributed by atoms with Crippen LogP contribution in [0.3, 0.4) is 0 Å². The Bertz CT molecular complexity index is 278. The lowest BCUT2D eigenvalue weighted by Crippen LogP contribution is -2.44. The molecule has 118 valence electrons. The second-order valence-corrected chi connectivity index (χ2v) is 5.87. The van der Waals surface area contributed by atoms with Gasteiger partial charge in [0.25, 0.3) is 0 Å². The van der Waals surface area contributed by atoms with Crippen molar-refractivity contribution in [1.29, 1.82) is 0 Å². The van der Waals surface area contributed by atoms with Crippen LogP contribution in [-0.4, -0.2) is 56.9 Å². The summed E-state index contributed by atoms with van der Waals surface area (Å²) in [6.07, 6.45) is 4.87. The van der Waals surface area contributed by atoms with E-state index in [0.717, 1.165) is 25.7 Å². The van der Waals surface area contributed by atoms with Crippen LogP contribution in [0.25, 0.3) is 0 Å². The second-order valence-electron chi connectivity index (χ2n) is 5.87. The van der Waals surface area contributed by atoms with Crippen molar-refractivity contribution in [2.45, 2.75) is 51.1 Å². The highest BCUT2D eigenvalue weighted by Gasteiger charge is 2.25. The molecule has 1 unspecified atom stereocenters. The predicted molar refractivity (Wildman–Crippen MR) is 79.5 cm³/mol. The first-order valence-electron chi connectivity index (χ1n) is 7.61. The fourth-order valence-corrected chi connectivity index (χ4v) is 2.87. The largest absolute Gasteiger partial charge is 0.383 e. The van der Waals surface area contributed by atoms with E-state index < -0.39 is 0 Å². The van der Waals surface area contributed by atoms with E-state index in [-0.39, 0.29) is 11.9 Å². The summed E-state index contributed by atoms with van der Waals surface area (Å²) in [6, 6.07) is 0.423. The summed E-state index contributed by atoms with van der Waals surface area (Å²) in [5, 5.41) is 0. The first kappa shape index (κ1) is 17.4. The van der Waals surface area contributed by atoms with Gasteiger partial charge in [-0.1, -0.05) is 0 Å². The molecule has 1 aliphatic rings. The molecule has 0 aromatic rings. The van der Waals surface area contributed by atoms with Gasteiger partial charge in [0, 0.05) is 33.2 Å². The molecule has 1 fully saturated rings. The van der Waals surface area contributed by atoms with Crippen molar-refractivity contribution in [1.82, 2.24) is 4.90 Å². The SMILES string of the molecule is COCCN(C(=O)CC1CCC(N)CC1)C(C)COC. The fourth-order valence-electron chi connectivity index (χ4n) is 2.87. The maximum atomic E-state index is 12.5. The molecule has 0 radical (unpaired) electrons. The number of nitrogens with two attached hydrogens (primary N) is 1.